The molecule has 0 aliphatic carbocycles. The van der Waals surface area contributed by atoms with Gasteiger partial charge in [0.2, 0.25) is 10.0 Å². The van der Waals surface area contributed by atoms with E-state index in [-0.39, 0.29) is 23.6 Å². The highest BCUT2D eigenvalue weighted by molar-refractivity contribution is 7.92. The molecule has 0 aliphatic heterocycles. The van der Waals surface area contributed by atoms with Gasteiger partial charge in [0.1, 0.15) is 23.0 Å². The van der Waals surface area contributed by atoms with Gasteiger partial charge in [0.15, 0.2) is 5.82 Å². The maximum atomic E-state index is 14.8. The monoisotopic (exact) mass is 507 g/mol. The standard InChI is InChI=1S/C22H20ClF2N5O3S/c1-2-9-34(32,33)30-17-8-7-16(24)20(18(17)25)29-22(31)19(26)15-10-13(11-28-21(15)27)12-3-5-14(23)6-4-12/h3-8,10-11,26,30H,2,9H2,1H3,(H2,27,28)(H,29,31). The molecular formula is C22H20ClF2N5O3S. The summed E-state index contributed by atoms with van der Waals surface area (Å²) in [5, 5.41) is 10.7. The number of aromatic nitrogens is 1. The Bertz CT molecular complexity index is 1370. The number of amides is 1. The van der Waals surface area contributed by atoms with Gasteiger partial charge in [-0.05, 0) is 42.3 Å². The number of halogens is 3. The molecule has 0 fully saturated rings. The zero-order valence-electron chi connectivity index (χ0n) is 17.8. The molecule has 0 bridgehead atoms. The predicted octanol–water partition coefficient (Wildman–Crippen LogP) is 4.42. The Kier molecular flexibility index (Phi) is 7.48. The number of carbonyl (C=O) groups is 1. The van der Waals surface area contributed by atoms with Crippen LogP contribution in [0.2, 0.25) is 5.02 Å². The van der Waals surface area contributed by atoms with Gasteiger partial charge in [0.05, 0.1) is 11.4 Å². The number of carbonyl (C=O) groups excluding carboxylic acids is 1. The van der Waals surface area contributed by atoms with Gasteiger partial charge in [-0.25, -0.2) is 22.2 Å². The summed E-state index contributed by atoms with van der Waals surface area (Å²) in [7, 11) is -3.86. The highest BCUT2D eigenvalue weighted by atomic mass is 35.5. The number of sulfonamides is 1. The van der Waals surface area contributed by atoms with Crippen LogP contribution in [-0.2, 0) is 14.8 Å². The van der Waals surface area contributed by atoms with Gasteiger partial charge >= 0.3 is 0 Å². The normalized spacial score (nSPS) is 11.2. The first kappa shape index (κ1) is 25.1. The number of nitrogen functional groups attached to an aromatic ring is 1. The maximum absolute atomic E-state index is 14.8. The van der Waals surface area contributed by atoms with Gasteiger partial charge in [-0.2, -0.15) is 0 Å². The molecule has 178 valence electrons. The summed E-state index contributed by atoms with van der Waals surface area (Å²) < 4.78 is 55.0. The van der Waals surface area contributed by atoms with Crippen LogP contribution in [-0.4, -0.2) is 30.8 Å². The number of nitrogens with one attached hydrogen (secondary N) is 3. The fourth-order valence-corrected chi connectivity index (χ4v) is 4.27. The summed E-state index contributed by atoms with van der Waals surface area (Å²) in [5.74, 6) is -4.07. The van der Waals surface area contributed by atoms with Crippen LogP contribution in [0.1, 0.15) is 18.9 Å². The van der Waals surface area contributed by atoms with Gasteiger partial charge in [0.25, 0.3) is 5.91 Å². The Morgan fingerprint density at radius 3 is 2.47 bits per heavy atom. The molecular weight excluding hydrogens is 488 g/mol. The number of nitrogens with zero attached hydrogens (tertiary/aromatic N) is 1. The number of rotatable bonds is 8. The topological polar surface area (TPSA) is 138 Å². The molecule has 0 atom stereocenters. The predicted molar refractivity (Wildman–Crippen MR) is 129 cm³/mol. The van der Waals surface area contributed by atoms with Crippen LogP contribution in [0.5, 0.6) is 0 Å². The van der Waals surface area contributed by atoms with Gasteiger partial charge in [-0.1, -0.05) is 30.7 Å². The average molecular weight is 508 g/mol. The molecule has 0 aliphatic rings. The van der Waals surface area contributed by atoms with Crippen molar-refractivity contribution in [3.05, 3.63) is 70.9 Å². The second-order valence-electron chi connectivity index (χ2n) is 7.20. The molecule has 0 unspecified atom stereocenters. The van der Waals surface area contributed by atoms with E-state index in [1.54, 1.807) is 31.2 Å². The average Bonchev–Trinajstić information content (AvgIpc) is 2.79. The second-order valence-corrected chi connectivity index (χ2v) is 9.48. The van der Waals surface area contributed by atoms with Gasteiger partial charge < -0.3 is 11.1 Å². The summed E-state index contributed by atoms with van der Waals surface area (Å²) in [4.78, 5) is 16.6. The van der Waals surface area contributed by atoms with E-state index >= 15 is 0 Å². The molecule has 3 rings (SSSR count). The maximum Gasteiger partial charge on any atom is 0.274 e. The second kappa shape index (κ2) is 10.1. The lowest BCUT2D eigenvalue weighted by atomic mass is 10.0. The number of anilines is 3. The smallest absolute Gasteiger partial charge is 0.274 e. The van der Waals surface area contributed by atoms with E-state index in [9.17, 15) is 22.0 Å². The summed E-state index contributed by atoms with van der Waals surface area (Å²) in [6, 6.07) is 9.85. The summed E-state index contributed by atoms with van der Waals surface area (Å²) in [6.45, 7) is 1.63. The van der Waals surface area contributed by atoms with Crippen LogP contribution < -0.4 is 15.8 Å². The largest absolute Gasteiger partial charge is 0.383 e. The first-order valence-electron chi connectivity index (χ1n) is 9.92. The molecule has 0 saturated carbocycles. The number of hydrogen-bond donors (Lipinski definition) is 4. The van der Waals surface area contributed by atoms with Crippen molar-refractivity contribution < 1.29 is 22.0 Å². The zero-order chi connectivity index (χ0) is 25.0. The molecule has 1 aromatic heterocycles. The van der Waals surface area contributed by atoms with Crippen LogP contribution in [0.4, 0.5) is 26.0 Å². The molecule has 3 aromatic rings. The van der Waals surface area contributed by atoms with Crippen LogP contribution in [0.25, 0.3) is 11.1 Å². The van der Waals surface area contributed by atoms with Crippen LogP contribution in [0.15, 0.2) is 48.7 Å². The highest BCUT2D eigenvalue weighted by Gasteiger charge is 2.23. The third kappa shape index (κ3) is 5.67. The number of nitrogens with two attached hydrogens (primary N) is 1. The summed E-state index contributed by atoms with van der Waals surface area (Å²) >= 11 is 5.89. The highest BCUT2D eigenvalue weighted by Crippen LogP contribution is 2.28. The lowest BCUT2D eigenvalue weighted by molar-refractivity contribution is -0.110. The first-order valence-corrected chi connectivity index (χ1v) is 12.0. The van der Waals surface area contributed by atoms with E-state index in [0.29, 0.717) is 16.1 Å². The minimum absolute atomic E-state index is 0.0643. The van der Waals surface area contributed by atoms with Crippen LogP contribution in [0.3, 0.4) is 0 Å². The summed E-state index contributed by atoms with van der Waals surface area (Å²) in [6.07, 6.45) is 1.72. The van der Waals surface area contributed by atoms with Crippen molar-refractivity contribution in [2.45, 2.75) is 13.3 Å². The molecule has 1 heterocycles. The minimum atomic E-state index is -3.86. The van der Waals surface area contributed by atoms with E-state index < -0.39 is 44.7 Å². The van der Waals surface area contributed by atoms with Gasteiger partial charge in [-0.3, -0.25) is 14.9 Å². The van der Waals surface area contributed by atoms with Crippen molar-refractivity contribution >= 4 is 50.4 Å². The third-order valence-electron chi connectivity index (χ3n) is 4.66. The molecule has 5 N–H and O–H groups in total. The van der Waals surface area contributed by atoms with E-state index in [1.807, 2.05) is 10.0 Å². The van der Waals surface area contributed by atoms with Gasteiger partial charge in [0, 0.05) is 22.3 Å². The van der Waals surface area contributed by atoms with Crippen molar-refractivity contribution in [2.24, 2.45) is 0 Å². The van der Waals surface area contributed by atoms with Crippen LogP contribution in [0, 0.1) is 17.0 Å². The number of hydrogen-bond acceptors (Lipinski definition) is 6. The molecule has 34 heavy (non-hydrogen) atoms. The zero-order valence-corrected chi connectivity index (χ0v) is 19.4. The Morgan fingerprint density at radius 1 is 1.15 bits per heavy atom. The van der Waals surface area contributed by atoms with E-state index in [2.05, 4.69) is 4.98 Å². The molecule has 12 heteroatoms. The Labute approximate surface area is 199 Å². The van der Waals surface area contributed by atoms with Crippen molar-refractivity contribution in [2.75, 3.05) is 21.5 Å². The lowest BCUT2D eigenvalue weighted by Gasteiger charge is -2.14. The fourth-order valence-electron chi connectivity index (χ4n) is 3.01. The van der Waals surface area contributed by atoms with Gasteiger partial charge in [-0.15, -0.1) is 0 Å². The Balaban J connectivity index is 1.89. The van der Waals surface area contributed by atoms with Crippen molar-refractivity contribution in [3.63, 3.8) is 0 Å². The molecule has 0 saturated heterocycles. The Morgan fingerprint density at radius 2 is 1.82 bits per heavy atom. The molecule has 0 radical (unpaired) electrons. The minimum Gasteiger partial charge on any atom is -0.383 e. The van der Waals surface area contributed by atoms with Crippen LogP contribution >= 0.6 is 11.6 Å². The van der Waals surface area contributed by atoms with E-state index in [4.69, 9.17) is 22.7 Å². The summed E-state index contributed by atoms with van der Waals surface area (Å²) in [5.41, 5.74) is 4.84. The number of benzene rings is 2. The number of pyridine rings is 1. The fraction of sp³-hybridized carbons (Fsp3) is 0.136. The lowest BCUT2D eigenvalue weighted by Crippen LogP contribution is -2.26. The van der Waals surface area contributed by atoms with Crippen molar-refractivity contribution in [1.82, 2.24) is 4.98 Å². The SMILES string of the molecule is CCCS(=O)(=O)Nc1ccc(F)c(NC(=O)C(=N)c2cc(-c3ccc(Cl)cc3)cnc2N)c1F. The first-order chi connectivity index (χ1) is 16.0. The molecule has 1 amide bonds. The van der Waals surface area contributed by atoms with E-state index in [0.717, 1.165) is 12.1 Å². The van der Waals surface area contributed by atoms with Crippen molar-refractivity contribution in [1.29, 1.82) is 5.41 Å². The quantitative estimate of drug-likeness (QED) is 0.334. The third-order valence-corrected chi connectivity index (χ3v) is 6.39. The Hall–Kier alpha value is -3.57. The molecule has 2 aromatic carbocycles. The van der Waals surface area contributed by atoms with Crippen molar-refractivity contribution in [3.8, 4) is 11.1 Å². The molecule has 0 spiro atoms. The molecule has 8 nitrogen and oxygen atoms in total. The van der Waals surface area contributed by atoms with E-state index in [1.165, 1.54) is 12.3 Å².